The highest BCUT2D eigenvalue weighted by Crippen LogP contribution is 2.37. The number of aliphatic hydroxyl groups excluding tert-OH is 6. The third kappa shape index (κ3) is 9.27. The third-order valence-corrected chi connectivity index (χ3v) is 9.60. The summed E-state index contributed by atoms with van der Waals surface area (Å²) in [7, 11) is 6.33. The number of aliphatic hydroxyl groups is 6. The first-order valence-corrected chi connectivity index (χ1v) is 16.8. The summed E-state index contributed by atoms with van der Waals surface area (Å²) < 4.78 is 73.8. The molecule has 8 unspecified atom stereocenters. The van der Waals surface area contributed by atoms with Crippen LogP contribution in [0.15, 0.2) is 0 Å². The van der Waals surface area contributed by atoms with E-state index in [0.717, 1.165) is 6.92 Å². The number of carboxylic acids is 1. The number of hydrogen-bond donors (Lipinski definition) is 7. The first kappa shape index (κ1) is 43.9. The van der Waals surface area contributed by atoms with Crippen molar-refractivity contribution in [1.82, 2.24) is 0 Å². The van der Waals surface area contributed by atoms with E-state index < -0.39 is 148 Å². The van der Waals surface area contributed by atoms with E-state index in [1.807, 2.05) is 0 Å². The molecule has 0 saturated carbocycles. The van der Waals surface area contributed by atoms with Gasteiger partial charge in [0.15, 0.2) is 37.4 Å². The first-order chi connectivity index (χ1) is 25.2. The van der Waals surface area contributed by atoms with Gasteiger partial charge >= 0.3 is 11.9 Å². The van der Waals surface area contributed by atoms with Crippen LogP contribution in [-0.2, 0) is 71.2 Å². The van der Waals surface area contributed by atoms with Crippen LogP contribution in [0.3, 0.4) is 0 Å². The molecule has 0 radical (unpaired) electrons. The van der Waals surface area contributed by atoms with E-state index in [9.17, 15) is 45.3 Å². The Bertz CT molecular complexity index is 1160. The van der Waals surface area contributed by atoms with Gasteiger partial charge in [-0.2, -0.15) is 0 Å². The molecular formula is C31H52O22. The molecule has 0 aromatic rings. The van der Waals surface area contributed by atoms with Gasteiger partial charge in [-0.25, -0.2) is 4.79 Å². The zero-order chi connectivity index (χ0) is 39.3. The zero-order valence-electron chi connectivity index (χ0n) is 30.2. The van der Waals surface area contributed by atoms with Crippen LogP contribution in [0.2, 0.25) is 0 Å². The molecule has 4 aliphatic heterocycles. The van der Waals surface area contributed by atoms with Gasteiger partial charge in [-0.15, -0.1) is 0 Å². The molecule has 4 saturated heterocycles. The van der Waals surface area contributed by atoms with Crippen LogP contribution in [0.5, 0.6) is 0 Å². The molecule has 53 heavy (non-hydrogen) atoms. The van der Waals surface area contributed by atoms with Crippen molar-refractivity contribution in [3.05, 3.63) is 0 Å². The van der Waals surface area contributed by atoms with Crippen molar-refractivity contribution in [2.24, 2.45) is 0 Å². The van der Waals surface area contributed by atoms with Gasteiger partial charge in [-0.05, 0) is 6.92 Å². The first-order valence-electron chi connectivity index (χ1n) is 16.8. The molecule has 22 heteroatoms. The van der Waals surface area contributed by atoms with Crippen LogP contribution in [-0.4, -0.2) is 219 Å². The fourth-order valence-electron chi connectivity index (χ4n) is 6.97. The second-order valence-electron chi connectivity index (χ2n) is 12.8. The van der Waals surface area contributed by atoms with E-state index in [0.29, 0.717) is 0 Å². The molecule has 0 aliphatic carbocycles. The lowest BCUT2D eigenvalue weighted by Gasteiger charge is -2.50. The maximum absolute atomic E-state index is 12.3. The Kier molecular flexibility index (Phi) is 16.1. The molecule has 308 valence electrons. The molecule has 0 spiro atoms. The van der Waals surface area contributed by atoms with Crippen molar-refractivity contribution in [3.63, 3.8) is 0 Å². The predicted octanol–water partition coefficient (Wildman–Crippen LogP) is -4.79. The molecule has 22 nitrogen and oxygen atoms in total. The van der Waals surface area contributed by atoms with Crippen molar-refractivity contribution < 1.29 is 107 Å². The normalized spacial score (nSPS) is 46.5. The van der Waals surface area contributed by atoms with Gasteiger partial charge in [0.05, 0.1) is 19.3 Å². The maximum Gasteiger partial charge on any atom is 0.335 e. The van der Waals surface area contributed by atoms with E-state index in [1.54, 1.807) is 6.92 Å². The van der Waals surface area contributed by atoms with Crippen molar-refractivity contribution in [2.45, 2.75) is 137 Å². The molecule has 4 aliphatic rings. The van der Waals surface area contributed by atoms with Crippen LogP contribution in [0.25, 0.3) is 0 Å². The number of esters is 1. The maximum atomic E-state index is 12.3. The third-order valence-electron chi connectivity index (χ3n) is 9.60. The largest absolute Gasteiger partial charge is 0.479 e. The fraction of sp³-hybridized carbons (Fsp3) is 0.935. The van der Waals surface area contributed by atoms with Gasteiger partial charge < -0.3 is 97.3 Å². The zero-order valence-corrected chi connectivity index (χ0v) is 30.2. The smallest absolute Gasteiger partial charge is 0.335 e. The molecule has 4 rings (SSSR count). The second kappa shape index (κ2) is 19.4. The number of carbonyl (C=O) groups excluding carboxylic acids is 1. The van der Waals surface area contributed by atoms with Crippen LogP contribution in [0.1, 0.15) is 13.8 Å². The highest BCUT2D eigenvalue weighted by molar-refractivity contribution is 5.73. The van der Waals surface area contributed by atoms with E-state index >= 15 is 0 Å². The highest BCUT2D eigenvalue weighted by Gasteiger charge is 2.57. The van der Waals surface area contributed by atoms with Crippen LogP contribution in [0, 0.1) is 0 Å². The fourth-order valence-corrected chi connectivity index (χ4v) is 6.97. The van der Waals surface area contributed by atoms with Gasteiger partial charge in [-0.3, -0.25) is 4.79 Å². The van der Waals surface area contributed by atoms with Crippen molar-refractivity contribution >= 4 is 11.9 Å². The number of carboxylic acid groups (broad SMARTS) is 1. The summed E-state index contributed by atoms with van der Waals surface area (Å²) >= 11 is 0. The number of rotatable bonds is 15. The topological polar surface area (TPSA) is 296 Å². The molecule has 4 heterocycles. The van der Waals surface area contributed by atoms with Crippen molar-refractivity contribution in [3.8, 4) is 0 Å². The van der Waals surface area contributed by atoms with E-state index in [4.69, 9.17) is 61.6 Å². The van der Waals surface area contributed by atoms with E-state index in [1.165, 1.54) is 35.5 Å². The number of aliphatic carboxylic acids is 1. The SMILES string of the molecule is COC1C(OC)[C@H](O[C@H]2O[C@@H](CO)[C@@H](O[C@@H]3OC(C(=O)O)[C@@H](O)[C@H](OC)C3OC)C(OC(C)=O)C2O)[C@H](C)O[C@H]1O[C@@H]1C(CO)O[C@@H](OC)C(O)[C@H]1O. The summed E-state index contributed by atoms with van der Waals surface area (Å²) in [4.78, 5) is 24.2. The second-order valence-corrected chi connectivity index (χ2v) is 12.8. The molecule has 0 aromatic heterocycles. The molecular weight excluding hydrogens is 724 g/mol. The number of ether oxygens (including phenoxy) is 13. The quantitative estimate of drug-likeness (QED) is 0.0768. The van der Waals surface area contributed by atoms with Crippen LogP contribution >= 0.6 is 0 Å². The summed E-state index contributed by atoms with van der Waals surface area (Å²) in [6.07, 6.45) is -28.0. The molecule has 20 atom stereocenters. The van der Waals surface area contributed by atoms with Gasteiger partial charge in [0.25, 0.3) is 0 Å². The Morgan fingerprint density at radius 1 is 0.528 bits per heavy atom. The summed E-state index contributed by atoms with van der Waals surface area (Å²) in [6.45, 7) is 1.21. The van der Waals surface area contributed by atoms with Gasteiger partial charge in [-0.1, -0.05) is 0 Å². The average Bonchev–Trinajstić information content (AvgIpc) is 3.13. The Morgan fingerprint density at radius 3 is 1.57 bits per heavy atom. The number of methoxy groups -OCH3 is 5. The van der Waals surface area contributed by atoms with Crippen LogP contribution < -0.4 is 0 Å². The summed E-state index contributed by atoms with van der Waals surface area (Å²) in [6, 6.07) is 0. The van der Waals surface area contributed by atoms with Gasteiger partial charge in [0.2, 0.25) is 0 Å². The highest BCUT2D eigenvalue weighted by atomic mass is 16.8. The van der Waals surface area contributed by atoms with E-state index in [-0.39, 0.29) is 0 Å². The average molecular weight is 777 g/mol. The van der Waals surface area contributed by atoms with E-state index in [2.05, 4.69) is 0 Å². The molecule has 7 N–H and O–H groups in total. The Hall–Kier alpha value is -1.78. The molecule has 0 bridgehead atoms. The summed E-state index contributed by atoms with van der Waals surface area (Å²) in [5.74, 6) is -2.42. The summed E-state index contributed by atoms with van der Waals surface area (Å²) in [5, 5.41) is 73.4. The number of carbonyl (C=O) groups is 2. The minimum Gasteiger partial charge on any atom is -0.479 e. The molecule has 4 fully saturated rings. The molecule has 0 amide bonds. The Morgan fingerprint density at radius 2 is 1.04 bits per heavy atom. The van der Waals surface area contributed by atoms with Crippen molar-refractivity contribution in [2.75, 3.05) is 48.8 Å². The number of hydrogen-bond acceptors (Lipinski definition) is 21. The summed E-state index contributed by atoms with van der Waals surface area (Å²) in [5.41, 5.74) is 0. The van der Waals surface area contributed by atoms with Crippen molar-refractivity contribution in [1.29, 1.82) is 0 Å². The minimum absolute atomic E-state index is 0.612. The van der Waals surface area contributed by atoms with Gasteiger partial charge in [0.1, 0.15) is 79.4 Å². The molecule has 0 aromatic carbocycles. The Labute approximate surface area is 304 Å². The predicted molar refractivity (Wildman–Crippen MR) is 167 cm³/mol. The minimum atomic E-state index is -1.84. The Balaban J connectivity index is 1.56. The lowest BCUT2D eigenvalue weighted by molar-refractivity contribution is -0.387. The monoisotopic (exact) mass is 776 g/mol. The lowest BCUT2D eigenvalue weighted by Crippen LogP contribution is -2.68. The lowest BCUT2D eigenvalue weighted by atomic mass is 9.95. The standard InChI is InChI=1S/C31H52O22/c1-10-18(24(42-4)26(44-6)30(46-10)51-19-12(8-32)48-28(45-7)15(36)14(19)35)50-29-17(38)22(47-11(2)34)20(13(9-33)49-29)52-31-25(43-5)21(41-3)16(37)23(53-31)27(39)40/h10,12-26,28-33,35-38H,8-9H2,1-7H3,(H,39,40)/t10-,12?,13-,14+,15?,16-,17?,18+,19+,20+,21-,22?,23?,24?,25?,26?,28+,29+,30-,31+/m0/s1. The van der Waals surface area contributed by atoms with Crippen LogP contribution in [0.4, 0.5) is 0 Å². The van der Waals surface area contributed by atoms with Gasteiger partial charge in [0, 0.05) is 42.5 Å².